The summed E-state index contributed by atoms with van der Waals surface area (Å²) in [5.74, 6) is 0. The predicted octanol–water partition coefficient (Wildman–Crippen LogP) is 16.6. The zero-order chi connectivity index (χ0) is 51.2. The molecule has 2 aromatic heterocycles. The number of para-hydroxylation sites is 2. The number of aromatic nitrogens is 2. The van der Waals surface area contributed by atoms with Crippen molar-refractivity contribution in [2.24, 2.45) is 0 Å². The number of alkyl halides is 12. The third-order valence-corrected chi connectivity index (χ3v) is 12.5. The van der Waals surface area contributed by atoms with Gasteiger partial charge in [0.25, 0.3) is 0 Å². The van der Waals surface area contributed by atoms with E-state index in [4.69, 9.17) is 0 Å². The summed E-state index contributed by atoms with van der Waals surface area (Å²) >= 11 is 0. The van der Waals surface area contributed by atoms with Gasteiger partial charge in [-0.25, -0.2) is 0 Å². The second-order valence-corrected chi connectivity index (χ2v) is 16.7. The largest absolute Gasteiger partial charge is 0.417 e. The van der Waals surface area contributed by atoms with Crippen molar-refractivity contribution in [2.75, 3.05) is 0 Å². The van der Waals surface area contributed by atoms with Gasteiger partial charge < -0.3 is 9.13 Å². The molecule has 0 unspecified atom stereocenters. The molecular weight excluding hydrogens is 959 g/mol. The fourth-order valence-electron chi connectivity index (χ4n) is 9.43. The minimum Gasteiger partial charge on any atom is -0.308 e. The normalized spacial score (nSPS) is 12.4. The average Bonchev–Trinajstić information content (AvgIpc) is 3.86. The highest BCUT2D eigenvalue weighted by atomic mass is 19.4. The molecule has 0 spiro atoms. The number of benzene rings is 8. The highest BCUT2D eigenvalue weighted by Crippen LogP contribution is 2.48. The highest BCUT2D eigenvalue weighted by molar-refractivity contribution is 6.13. The molecule has 0 fully saturated rings. The molecule has 17 heteroatoms. The van der Waals surface area contributed by atoms with E-state index in [9.17, 15) is 68.5 Å². The minimum absolute atomic E-state index is 0.00305. The fourth-order valence-corrected chi connectivity index (χ4v) is 9.43. The molecule has 10 rings (SSSR count). The van der Waals surface area contributed by atoms with Crippen LogP contribution in [0.15, 0.2) is 152 Å². The van der Waals surface area contributed by atoms with Crippen LogP contribution in [0.1, 0.15) is 38.9 Å². The van der Waals surface area contributed by atoms with E-state index in [1.807, 2.05) is 12.1 Å². The number of halogens is 12. The molecule has 0 saturated heterocycles. The van der Waals surface area contributed by atoms with Gasteiger partial charge in [-0.15, -0.1) is 0 Å². The summed E-state index contributed by atoms with van der Waals surface area (Å²) in [7, 11) is 0. The Labute approximate surface area is 398 Å². The zero-order valence-corrected chi connectivity index (χ0v) is 36.2. The maximum absolute atomic E-state index is 14.7. The summed E-state index contributed by atoms with van der Waals surface area (Å²) in [6.45, 7) is 0. The summed E-state index contributed by atoms with van der Waals surface area (Å²) in [5, 5.41) is 33.3. The van der Waals surface area contributed by atoms with E-state index in [2.05, 4.69) is 6.07 Å². The van der Waals surface area contributed by atoms with Crippen LogP contribution in [-0.2, 0) is 24.7 Å². The Balaban J connectivity index is 1.35. The van der Waals surface area contributed by atoms with Gasteiger partial charge in [0.05, 0.1) is 90.6 Å². The van der Waals surface area contributed by atoms with Crippen molar-refractivity contribution < 1.29 is 52.7 Å². The van der Waals surface area contributed by atoms with E-state index in [-0.39, 0.29) is 73.5 Å². The third-order valence-electron chi connectivity index (χ3n) is 12.5. The highest BCUT2D eigenvalue weighted by Gasteiger charge is 2.40. The lowest BCUT2D eigenvalue weighted by Crippen LogP contribution is -2.12. The van der Waals surface area contributed by atoms with Crippen molar-refractivity contribution in [3.05, 3.63) is 191 Å². The Bertz CT molecular complexity index is 3790. The molecule has 0 amide bonds. The molecule has 0 N–H and O–H groups in total. The molecule has 0 radical (unpaired) electrons. The van der Waals surface area contributed by atoms with Crippen LogP contribution < -0.4 is 0 Å². The zero-order valence-electron chi connectivity index (χ0n) is 36.2. The van der Waals surface area contributed by atoms with E-state index >= 15 is 0 Å². The van der Waals surface area contributed by atoms with Crippen LogP contribution in [0.2, 0.25) is 0 Å². The summed E-state index contributed by atoms with van der Waals surface area (Å²) in [6.07, 6.45) is -20.7. The second-order valence-electron chi connectivity index (χ2n) is 16.7. The van der Waals surface area contributed by atoms with Gasteiger partial charge in [0, 0.05) is 27.1 Å². The van der Waals surface area contributed by atoms with Gasteiger partial charge in [-0.3, -0.25) is 0 Å². The Morgan fingerprint density at radius 1 is 0.333 bits per heavy atom. The van der Waals surface area contributed by atoms with Gasteiger partial charge in [0.15, 0.2) is 0 Å². The van der Waals surface area contributed by atoms with Gasteiger partial charge >= 0.3 is 24.7 Å². The first kappa shape index (κ1) is 46.7. The Kier molecular flexibility index (Phi) is 10.7. The van der Waals surface area contributed by atoms with Gasteiger partial charge in [-0.05, 0) is 107 Å². The number of rotatable bonds is 5. The predicted molar refractivity (Wildman–Crippen MR) is 246 cm³/mol. The molecule has 0 aliphatic rings. The number of nitriles is 3. The first-order valence-corrected chi connectivity index (χ1v) is 21.3. The molecule has 10 aromatic rings. The molecule has 72 heavy (non-hydrogen) atoms. The van der Waals surface area contributed by atoms with Crippen LogP contribution in [0.3, 0.4) is 0 Å². The van der Waals surface area contributed by atoms with Crippen molar-refractivity contribution >= 4 is 43.6 Å². The number of fused-ring (bicyclic) bond motifs is 6. The molecule has 0 atom stereocenters. The molecule has 2 heterocycles. The van der Waals surface area contributed by atoms with Crippen LogP contribution in [0.25, 0.3) is 88.4 Å². The van der Waals surface area contributed by atoms with E-state index in [0.29, 0.717) is 44.7 Å². The maximum atomic E-state index is 14.7. The lowest BCUT2D eigenvalue weighted by Gasteiger charge is -2.22. The topological polar surface area (TPSA) is 81.2 Å². The van der Waals surface area contributed by atoms with E-state index in [1.54, 1.807) is 57.7 Å². The molecular formula is C55H25F12N5. The van der Waals surface area contributed by atoms with Crippen molar-refractivity contribution in [2.45, 2.75) is 24.7 Å². The van der Waals surface area contributed by atoms with Crippen LogP contribution in [0.4, 0.5) is 52.7 Å². The van der Waals surface area contributed by atoms with Gasteiger partial charge in [-0.1, -0.05) is 72.8 Å². The SMILES string of the molecule is N#Cc1cc(C#N)cc(-c2c(-n3c4ccccc4c4ccc(-c5ccc(C(F)(F)F)cc5C(F)(F)F)cc43)cc(C#N)cc2-n2c3ccccc3c3ccc(-c4ccc(C(F)(F)F)cc4C(F)(F)F)cc32)c1. The number of hydrogen-bond donors (Lipinski definition) is 0. The first-order chi connectivity index (χ1) is 34.1. The molecule has 5 nitrogen and oxygen atoms in total. The summed E-state index contributed by atoms with van der Waals surface area (Å²) in [4.78, 5) is 0. The Morgan fingerprint density at radius 3 is 1.08 bits per heavy atom. The minimum atomic E-state index is -5.24. The monoisotopic (exact) mass is 983 g/mol. The molecule has 0 aliphatic carbocycles. The molecule has 0 bridgehead atoms. The lowest BCUT2D eigenvalue weighted by molar-refractivity contribution is -0.144. The van der Waals surface area contributed by atoms with Gasteiger partial charge in [0.1, 0.15) is 0 Å². The quantitative estimate of drug-likeness (QED) is 0.161. The number of nitrogens with zero attached hydrogens (tertiary/aromatic N) is 5. The van der Waals surface area contributed by atoms with Gasteiger partial charge in [-0.2, -0.15) is 68.5 Å². The van der Waals surface area contributed by atoms with Crippen LogP contribution in [-0.4, -0.2) is 9.13 Å². The van der Waals surface area contributed by atoms with Crippen LogP contribution in [0, 0.1) is 34.0 Å². The lowest BCUT2D eigenvalue weighted by atomic mass is 9.94. The maximum Gasteiger partial charge on any atom is 0.417 e. The number of hydrogen-bond acceptors (Lipinski definition) is 3. The first-order valence-electron chi connectivity index (χ1n) is 21.3. The van der Waals surface area contributed by atoms with E-state index in [1.165, 1.54) is 66.7 Å². The van der Waals surface area contributed by atoms with Crippen molar-refractivity contribution in [1.82, 2.24) is 9.13 Å². The summed E-state index contributed by atoms with van der Waals surface area (Å²) in [6, 6.07) is 37.9. The summed E-state index contributed by atoms with van der Waals surface area (Å²) in [5.41, 5.74) is -5.74. The van der Waals surface area contributed by atoms with Crippen molar-refractivity contribution in [1.29, 1.82) is 15.8 Å². The van der Waals surface area contributed by atoms with Crippen molar-refractivity contribution in [3.8, 4) is 63.0 Å². The van der Waals surface area contributed by atoms with Crippen LogP contribution in [0.5, 0.6) is 0 Å². The molecule has 354 valence electrons. The molecule has 8 aromatic carbocycles. The van der Waals surface area contributed by atoms with Crippen molar-refractivity contribution in [3.63, 3.8) is 0 Å². The fraction of sp³-hybridized carbons (Fsp3) is 0.0727. The van der Waals surface area contributed by atoms with Crippen LogP contribution >= 0.6 is 0 Å². The second kappa shape index (κ2) is 16.6. The molecule has 0 saturated carbocycles. The third kappa shape index (κ3) is 7.87. The molecule has 0 aliphatic heterocycles. The standard InChI is InChI=1S/C55H25F12N5/c56-52(57,58)35-11-15-37(43(24-35)54(62,63)64)32-9-13-41-39-5-1-3-7-45(39)71(47(41)22-32)49-20-31(28-70)21-50(51(49)34-18-29(26-68)17-30(19-34)27-69)72-46-8-4-2-6-40(46)42-14-10-33(23-48(42)72)38-16-12-36(53(59,60)61)25-44(38)55(65,66)67/h1-25H. The Hall–Kier alpha value is -9.01. The Morgan fingerprint density at radius 2 is 0.708 bits per heavy atom. The van der Waals surface area contributed by atoms with E-state index < -0.39 is 58.1 Å². The van der Waals surface area contributed by atoms with Gasteiger partial charge in [0.2, 0.25) is 0 Å². The van der Waals surface area contributed by atoms with E-state index in [0.717, 1.165) is 12.1 Å². The average molecular weight is 984 g/mol. The summed E-state index contributed by atoms with van der Waals surface area (Å²) < 4.78 is 174. The smallest absolute Gasteiger partial charge is 0.308 e.